The van der Waals surface area contributed by atoms with Crippen molar-refractivity contribution in [3.8, 4) is 0 Å². The molecule has 0 bridgehead atoms. The van der Waals surface area contributed by atoms with Gasteiger partial charge in [0.15, 0.2) is 6.10 Å². The second-order valence-electron chi connectivity index (χ2n) is 6.18. The molecule has 0 spiro atoms. The maximum absolute atomic E-state index is 11.7. The van der Waals surface area contributed by atoms with Crippen LogP contribution in [0.15, 0.2) is 30.3 Å². The topological polar surface area (TPSA) is 83.1 Å². The highest BCUT2D eigenvalue weighted by atomic mass is 32.2. The lowest BCUT2D eigenvalue weighted by Gasteiger charge is -2.26. The molecule has 150 valence electrons. The summed E-state index contributed by atoms with van der Waals surface area (Å²) in [6.45, 7) is 5.03. The van der Waals surface area contributed by atoms with Gasteiger partial charge in [0, 0.05) is 13.8 Å². The number of carbonyl (C=O) groups excluding carboxylic acids is 2. The van der Waals surface area contributed by atoms with E-state index in [9.17, 15) is 9.59 Å². The number of thioether (sulfide) groups is 1. The molecule has 0 radical (unpaired) electrons. The van der Waals surface area contributed by atoms with Gasteiger partial charge in [-0.3, -0.25) is 9.59 Å². The lowest BCUT2D eigenvalue weighted by Crippen LogP contribution is -2.46. The molecule has 1 fully saturated rings. The van der Waals surface area contributed by atoms with Crippen molar-refractivity contribution in [3.63, 3.8) is 0 Å². The summed E-state index contributed by atoms with van der Waals surface area (Å²) in [7, 11) is 1.50. The van der Waals surface area contributed by atoms with Crippen LogP contribution in [0, 0.1) is 0 Å². The van der Waals surface area contributed by atoms with E-state index in [0.29, 0.717) is 6.61 Å². The van der Waals surface area contributed by atoms with Gasteiger partial charge in [0.1, 0.15) is 12.2 Å². The van der Waals surface area contributed by atoms with Crippen LogP contribution in [0.4, 0.5) is 0 Å². The molecule has 5 atom stereocenters. The average Bonchev–Trinajstić information content (AvgIpc) is 2.87. The third kappa shape index (κ3) is 5.93. The average molecular weight is 397 g/mol. The molecule has 0 aromatic heterocycles. The van der Waals surface area contributed by atoms with Crippen LogP contribution in [0.3, 0.4) is 0 Å². The Balaban J connectivity index is 2.30. The molecule has 0 unspecified atom stereocenters. The van der Waals surface area contributed by atoms with Gasteiger partial charge in [0.25, 0.3) is 0 Å². The van der Waals surface area contributed by atoms with Crippen LogP contribution < -0.4 is 5.48 Å². The molecule has 1 aliphatic rings. The highest BCUT2D eigenvalue weighted by Crippen LogP contribution is 2.37. The molecule has 1 aromatic rings. The van der Waals surface area contributed by atoms with Gasteiger partial charge in [-0.25, -0.2) is 0 Å². The van der Waals surface area contributed by atoms with Crippen molar-refractivity contribution in [3.05, 3.63) is 35.9 Å². The number of carbonyl (C=O) groups is 2. The van der Waals surface area contributed by atoms with Crippen LogP contribution in [-0.2, 0) is 35.2 Å². The Morgan fingerprint density at radius 1 is 1.04 bits per heavy atom. The highest BCUT2D eigenvalue weighted by molar-refractivity contribution is 8.00. The number of hydrogen-bond donors (Lipinski definition) is 1. The van der Waals surface area contributed by atoms with E-state index in [1.165, 1.54) is 21.0 Å². The Labute approximate surface area is 164 Å². The zero-order chi connectivity index (χ0) is 19.8. The van der Waals surface area contributed by atoms with Crippen molar-refractivity contribution in [1.29, 1.82) is 0 Å². The monoisotopic (exact) mass is 397 g/mol. The molecule has 27 heavy (non-hydrogen) atoms. The number of benzene rings is 1. The predicted molar refractivity (Wildman–Crippen MR) is 102 cm³/mol. The number of hydrogen-bond acceptors (Lipinski definition) is 8. The third-order valence-corrected chi connectivity index (χ3v) is 5.46. The Bertz CT molecular complexity index is 581. The maximum atomic E-state index is 11.7. The van der Waals surface area contributed by atoms with Crippen LogP contribution in [0.5, 0.6) is 0 Å². The molecule has 1 aromatic carbocycles. The third-order valence-electron chi connectivity index (χ3n) is 4.18. The van der Waals surface area contributed by atoms with Crippen molar-refractivity contribution in [1.82, 2.24) is 5.48 Å². The summed E-state index contributed by atoms with van der Waals surface area (Å²) in [5.41, 5.74) is 3.87. The van der Waals surface area contributed by atoms with E-state index in [4.69, 9.17) is 19.0 Å². The second-order valence-corrected chi connectivity index (χ2v) is 7.63. The van der Waals surface area contributed by atoms with Crippen LogP contribution in [0.2, 0.25) is 0 Å². The first-order chi connectivity index (χ1) is 13.0. The van der Waals surface area contributed by atoms with Crippen molar-refractivity contribution >= 4 is 23.7 Å². The van der Waals surface area contributed by atoms with Gasteiger partial charge in [-0.1, -0.05) is 37.3 Å². The molecule has 2 rings (SSSR count). The van der Waals surface area contributed by atoms with Gasteiger partial charge < -0.3 is 19.0 Å². The fourth-order valence-electron chi connectivity index (χ4n) is 3.24. The number of esters is 2. The van der Waals surface area contributed by atoms with Gasteiger partial charge in [-0.15, -0.1) is 0 Å². The summed E-state index contributed by atoms with van der Waals surface area (Å²) in [4.78, 5) is 28.5. The molecule has 0 amide bonds. The minimum Gasteiger partial charge on any atom is -0.458 e. The molecule has 1 saturated carbocycles. The summed E-state index contributed by atoms with van der Waals surface area (Å²) in [6.07, 6.45) is -1.84. The van der Waals surface area contributed by atoms with Gasteiger partial charge in [0.2, 0.25) is 0 Å². The van der Waals surface area contributed by atoms with Gasteiger partial charge in [0.05, 0.1) is 25.0 Å². The van der Waals surface area contributed by atoms with E-state index in [1.54, 1.807) is 11.8 Å². The molecule has 0 aliphatic heterocycles. The van der Waals surface area contributed by atoms with Crippen LogP contribution in [0.1, 0.15) is 26.3 Å². The zero-order valence-electron chi connectivity index (χ0n) is 16.0. The van der Waals surface area contributed by atoms with Crippen LogP contribution in [0.25, 0.3) is 0 Å². The van der Waals surface area contributed by atoms with Crippen molar-refractivity contribution in [2.75, 3.05) is 12.9 Å². The van der Waals surface area contributed by atoms with E-state index in [0.717, 1.165) is 11.3 Å². The summed E-state index contributed by atoms with van der Waals surface area (Å²) < 4.78 is 17.3. The smallest absolute Gasteiger partial charge is 0.303 e. The fourth-order valence-corrected chi connectivity index (χ4v) is 4.45. The van der Waals surface area contributed by atoms with E-state index in [-0.39, 0.29) is 11.3 Å². The summed E-state index contributed by atoms with van der Waals surface area (Å²) in [6, 6.07) is 9.28. The first-order valence-corrected chi connectivity index (χ1v) is 9.92. The molecule has 0 heterocycles. The van der Waals surface area contributed by atoms with Gasteiger partial charge in [-0.2, -0.15) is 17.2 Å². The van der Waals surface area contributed by atoms with Crippen LogP contribution in [-0.4, -0.2) is 54.4 Å². The first-order valence-electron chi connectivity index (χ1n) is 8.88. The lowest BCUT2D eigenvalue weighted by atomic mass is 10.2. The van der Waals surface area contributed by atoms with Crippen LogP contribution >= 0.6 is 11.8 Å². The largest absolute Gasteiger partial charge is 0.458 e. The van der Waals surface area contributed by atoms with E-state index >= 15 is 0 Å². The number of rotatable bonds is 9. The summed E-state index contributed by atoms with van der Waals surface area (Å²) >= 11 is 1.60. The van der Waals surface area contributed by atoms with E-state index < -0.39 is 30.3 Å². The SMILES string of the molecule is CCS[C@H]1[C@H](NOC)[C@@H](OC(C)=O)[C@@H](OCc2ccccc2)[C@H]1OC(C)=O. The zero-order valence-corrected chi connectivity index (χ0v) is 16.9. The molecule has 1 N–H and O–H groups in total. The minimum absolute atomic E-state index is 0.191. The molecule has 0 saturated heterocycles. The van der Waals surface area contributed by atoms with Crippen molar-refractivity contribution in [2.24, 2.45) is 0 Å². The van der Waals surface area contributed by atoms with E-state index in [2.05, 4.69) is 5.48 Å². The van der Waals surface area contributed by atoms with Gasteiger partial charge >= 0.3 is 11.9 Å². The normalized spacial score (nSPS) is 27.3. The number of hydroxylamine groups is 1. The van der Waals surface area contributed by atoms with Gasteiger partial charge in [-0.05, 0) is 11.3 Å². The van der Waals surface area contributed by atoms with Crippen molar-refractivity contribution in [2.45, 2.75) is 57.0 Å². The molecular weight excluding hydrogens is 370 g/mol. The number of ether oxygens (including phenoxy) is 3. The maximum Gasteiger partial charge on any atom is 0.303 e. The Morgan fingerprint density at radius 2 is 1.67 bits per heavy atom. The quantitative estimate of drug-likeness (QED) is 0.501. The first kappa shape index (κ1) is 21.7. The molecule has 7 nitrogen and oxygen atoms in total. The standard InChI is InChI=1S/C19H27NO6S/c1-5-27-19-15(20-23-4)16(25-12(2)21)17(18(19)26-13(3)22)24-11-14-9-7-6-8-10-14/h6-10,15-20H,5,11H2,1-4H3/t15-,16-,17-,18-,19+/m1/s1. The molecule has 1 aliphatic carbocycles. The fraction of sp³-hybridized carbons (Fsp3) is 0.579. The van der Waals surface area contributed by atoms with Crippen molar-refractivity contribution < 1.29 is 28.6 Å². The molecule has 8 heteroatoms. The Morgan fingerprint density at radius 3 is 2.22 bits per heavy atom. The highest BCUT2D eigenvalue weighted by Gasteiger charge is 2.55. The summed E-state index contributed by atoms with van der Waals surface area (Å²) in [5.74, 6) is -0.0442. The lowest BCUT2D eigenvalue weighted by molar-refractivity contribution is -0.167. The Kier molecular flexibility index (Phi) is 8.56. The second kappa shape index (κ2) is 10.7. The summed E-state index contributed by atoms with van der Waals surface area (Å²) in [5, 5.41) is -0.191. The predicted octanol–water partition coefficient (Wildman–Crippen LogP) is 2.09. The molecular formula is C19H27NO6S. The minimum atomic E-state index is -0.653. The number of nitrogens with one attached hydrogen (secondary N) is 1. The Hall–Kier alpha value is -1.61. The van der Waals surface area contributed by atoms with E-state index in [1.807, 2.05) is 37.3 Å².